The Balaban J connectivity index is 3.81. The van der Waals surface area contributed by atoms with Gasteiger partial charge in [-0.05, 0) is 51.4 Å². The highest BCUT2D eigenvalue weighted by Gasteiger charge is 2.23. The summed E-state index contributed by atoms with van der Waals surface area (Å²) >= 11 is 0. The van der Waals surface area contributed by atoms with Crippen molar-refractivity contribution in [2.45, 2.75) is 258 Å². The monoisotopic (exact) mass is 879 g/mol. The summed E-state index contributed by atoms with van der Waals surface area (Å²) in [5.41, 5.74) is 0. The number of phosphoric acid groups is 1. The highest BCUT2D eigenvalue weighted by Crippen LogP contribution is 2.36. The van der Waals surface area contributed by atoms with Crippen molar-refractivity contribution in [2.75, 3.05) is 13.2 Å². The van der Waals surface area contributed by atoms with E-state index in [1.165, 1.54) is 148 Å². The molecule has 0 saturated carbocycles. The van der Waals surface area contributed by atoms with E-state index in [9.17, 15) is 14.2 Å². The van der Waals surface area contributed by atoms with Crippen LogP contribution in [0, 0.1) is 0 Å². The summed E-state index contributed by atoms with van der Waals surface area (Å²) in [5.74, 6) is -0.879. The summed E-state index contributed by atoms with van der Waals surface area (Å²) < 4.78 is 26.5. The molecule has 0 aliphatic carbocycles. The molecule has 0 rings (SSSR count). The molecule has 0 bridgehead atoms. The number of ether oxygens (including phenoxy) is 2. The van der Waals surface area contributed by atoms with Gasteiger partial charge in [-0.15, -0.1) is 0 Å². The van der Waals surface area contributed by atoms with Gasteiger partial charge in [0, 0.05) is 12.8 Å². The third-order valence-corrected chi connectivity index (χ3v) is 11.6. The highest BCUT2D eigenvalue weighted by molar-refractivity contribution is 7.46. The molecule has 0 aromatic carbocycles. The Morgan fingerprint density at radius 3 is 1.18 bits per heavy atom. The van der Waals surface area contributed by atoms with Crippen LogP contribution < -0.4 is 0 Å². The number of phosphoric ester groups is 1. The maximum atomic E-state index is 12.5. The Bertz CT molecular complexity index is 1130. The van der Waals surface area contributed by atoms with Gasteiger partial charge in [-0.2, -0.15) is 0 Å². The summed E-state index contributed by atoms with van der Waals surface area (Å²) in [4.78, 5) is 43.1. The van der Waals surface area contributed by atoms with Crippen LogP contribution in [0.4, 0.5) is 0 Å². The number of carbonyl (C=O) groups excluding carboxylic acids is 2. The molecule has 0 spiro atoms. The van der Waals surface area contributed by atoms with Crippen molar-refractivity contribution in [3.05, 3.63) is 48.6 Å². The summed E-state index contributed by atoms with van der Waals surface area (Å²) in [6, 6.07) is 0. The van der Waals surface area contributed by atoms with Crippen LogP contribution in [-0.4, -0.2) is 41.0 Å². The van der Waals surface area contributed by atoms with Crippen molar-refractivity contribution >= 4 is 19.8 Å². The van der Waals surface area contributed by atoms with Gasteiger partial charge in [0.1, 0.15) is 6.61 Å². The predicted molar refractivity (Wildman–Crippen MR) is 258 cm³/mol. The average molecular weight is 879 g/mol. The third-order valence-electron chi connectivity index (χ3n) is 11.1. The van der Waals surface area contributed by atoms with E-state index in [0.29, 0.717) is 6.42 Å². The molecule has 8 nitrogen and oxygen atoms in total. The van der Waals surface area contributed by atoms with Gasteiger partial charge in [0.2, 0.25) is 0 Å². The first-order valence-corrected chi connectivity index (χ1v) is 27.0. The first-order chi connectivity index (χ1) is 29.8. The van der Waals surface area contributed by atoms with Crippen LogP contribution in [0.1, 0.15) is 251 Å². The van der Waals surface area contributed by atoms with Crippen molar-refractivity contribution in [2.24, 2.45) is 0 Å². The lowest BCUT2D eigenvalue weighted by molar-refractivity contribution is -0.161. The van der Waals surface area contributed by atoms with E-state index < -0.39 is 32.5 Å². The van der Waals surface area contributed by atoms with Gasteiger partial charge in [-0.1, -0.05) is 236 Å². The second-order valence-corrected chi connectivity index (χ2v) is 18.4. The number of allylic oxidation sites excluding steroid dienone is 8. The molecule has 356 valence electrons. The molecule has 0 aromatic heterocycles. The number of hydrogen-bond donors (Lipinski definition) is 2. The van der Waals surface area contributed by atoms with Gasteiger partial charge in [-0.25, -0.2) is 4.57 Å². The van der Waals surface area contributed by atoms with Gasteiger partial charge in [0.15, 0.2) is 6.10 Å². The Kier molecular flexibility index (Phi) is 45.9. The molecule has 0 fully saturated rings. The summed E-state index contributed by atoms with van der Waals surface area (Å²) in [6.07, 6.45) is 59.8. The SMILES string of the molecule is CC/C=C\C/C=C\C/C=C\C/C=C\CCCCCCCCCCCCC(=O)OC(COC(=O)CCCCCCCCCCCCCCCCCCCCCC)COP(=O)(O)O. The van der Waals surface area contributed by atoms with E-state index in [-0.39, 0.29) is 19.4 Å². The molecule has 2 N–H and O–H groups in total. The number of rotatable bonds is 47. The van der Waals surface area contributed by atoms with Crippen LogP contribution in [0.3, 0.4) is 0 Å². The van der Waals surface area contributed by atoms with Crippen LogP contribution >= 0.6 is 7.82 Å². The first kappa shape index (κ1) is 59.0. The second-order valence-electron chi connectivity index (χ2n) is 17.1. The van der Waals surface area contributed by atoms with Crippen LogP contribution in [0.25, 0.3) is 0 Å². The molecule has 0 aliphatic heterocycles. The Labute approximate surface area is 375 Å². The predicted octanol–water partition coefficient (Wildman–Crippen LogP) is 16.2. The fourth-order valence-electron chi connectivity index (χ4n) is 7.37. The standard InChI is InChI=1S/C52H95O8P/c1-3-5-7-9-11-13-15-17-19-21-23-25-26-27-29-31-33-35-37-39-41-43-45-47-52(54)60-50(49-59-61(55,56)57)48-58-51(53)46-44-42-40-38-36-34-32-30-28-24-22-20-18-16-14-12-10-8-6-4-2/h5,7,11,13,17,19,23,25,50H,3-4,6,8-10,12,14-16,18,20-22,24,26-49H2,1-2H3,(H2,55,56,57)/b7-5-,13-11-,19-17-,25-23-. The zero-order valence-corrected chi connectivity index (χ0v) is 40.5. The van der Waals surface area contributed by atoms with Gasteiger partial charge >= 0.3 is 19.8 Å². The maximum absolute atomic E-state index is 12.5. The van der Waals surface area contributed by atoms with Crippen molar-refractivity contribution < 1.29 is 37.9 Å². The van der Waals surface area contributed by atoms with Crippen LogP contribution in [-0.2, 0) is 28.2 Å². The van der Waals surface area contributed by atoms with Crippen molar-refractivity contribution in [1.82, 2.24) is 0 Å². The smallest absolute Gasteiger partial charge is 0.462 e. The van der Waals surface area contributed by atoms with Crippen LogP contribution in [0.15, 0.2) is 48.6 Å². The van der Waals surface area contributed by atoms with Crippen LogP contribution in [0.5, 0.6) is 0 Å². The molecule has 61 heavy (non-hydrogen) atoms. The number of carbonyl (C=O) groups is 2. The van der Waals surface area contributed by atoms with Crippen molar-refractivity contribution in [3.63, 3.8) is 0 Å². The van der Waals surface area contributed by atoms with E-state index in [4.69, 9.17) is 19.3 Å². The lowest BCUT2D eigenvalue weighted by Crippen LogP contribution is -2.29. The van der Waals surface area contributed by atoms with E-state index in [2.05, 4.69) is 67.0 Å². The molecule has 0 aromatic rings. The molecule has 0 radical (unpaired) electrons. The number of esters is 2. The van der Waals surface area contributed by atoms with Gasteiger partial charge in [-0.3, -0.25) is 14.1 Å². The van der Waals surface area contributed by atoms with Gasteiger partial charge < -0.3 is 19.3 Å². The van der Waals surface area contributed by atoms with Crippen LogP contribution in [0.2, 0.25) is 0 Å². The zero-order valence-electron chi connectivity index (χ0n) is 39.6. The molecule has 0 heterocycles. The lowest BCUT2D eigenvalue weighted by Gasteiger charge is -2.18. The zero-order chi connectivity index (χ0) is 44.6. The number of unbranched alkanes of at least 4 members (excludes halogenated alkanes) is 29. The van der Waals surface area contributed by atoms with Gasteiger partial charge in [0.05, 0.1) is 6.61 Å². The molecule has 1 atom stereocenters. The van der Waals surface area contributed by atoms with Gasteiger partial charge in [0.25, 0.3) is 0 Å². The molecular formula is C52H95O8P. The highest BCUT2D eigenvalue weighted by atomic mass is 31.2. The van der Waals surface area contributed by atoms with E-state index in [1.807, 2.05) is 0 Å². The first-order valence-electron chi connectivity index (χ1n) is 25.4. The average Bonchev–Trinajstić information content (AvgIpc) is 3.23. The fourth-order valence-corrected chi connectivity index (χ4v) is 7.73. The minimum atomic E-state index is -4.76. The minimum Gasteiger partial charge on any atom is -0.462 e. The molecule has 0 amide bonds. The number of hydrogen-bond acceptors (Lipinski definition) is 6. The summed E-state index contributed by atoms with van der Waals surface area (Å²) in [7, 11) is -4.76. The fraction of sp³-hybridized carbons (Fsp3) is 0.808. The summed E-state index contributed by atoms with van der Waals surface area (Å²) in [6.45, 7) is 3.61. The van der Waals surface area contributed by atoms with E-state index in [1.54, 1.807) is 0 Å². The molecular weight excluding hydrogens is 784 g/mol. The third kappa shape index (κ3) is 50.5. The largest absolute Gasteiger partial charge is 0.469 e. The lowest BCUT2D eigenvalue weighted by atomic mass is 10.0. The van der Waals surface area contributed by atoms with Crippen molar-refractivity contribution in [3.8, 4) is 0 Å². The Morgan fingerprint density at radius 2 is 0.787 bits per heavy atom. The molecule has 1 unspecified atom stereocenters. The summed E-state index contributed by atoms with van der Waals surface area (Å²) in [5, 5.41) is 0. The maximum Gasteiger partial charge on any atom is 0.469 e. The Morgan fingerprint density at radius 1 is 0.443 bits per heavy atom. The van der Waals surface area contributed by atoms with E-state index >= 15 is 0 Å². The molecule has 9 heteroatoms. The van der Waals surface area contributed by atoms with E-state index in [0.717, 1.165) is 70.6 Å². The molecule has 0 saturated heterocycles. The normalized spacial score (nSPS) is 12.8. The van der Waals surface area contributed by atoms with Crippen molar-refractivity contribution in [1.29, 1.82) is 0 Å². The second kappa shape index (κ2) is 47.5. The quantitative estimate of drug-likeness (QED) is 0.0268. The minimum absolute atomic E-state index is 0.207. The molecule has 0 aliphatic rings. The Hall–Kier alpha value is -1.99. The topological polar surface area (TPSA) is 119 Å².